The molecule has 5 heteroatoms. The lowest BCUT2D eigenvalue weighted by Crippen LogP contribution is -2.26. The van der Waals surface area contributed by atoms with Crippen LogP contribution in [0.15, 0.2) is 42.7 Å². The molecule has 2 aromatic rings. The molecular formula is C15H19N3O2. The van der Waals surface area contributed by atoms with E-state index in [2.05, 4.69) is 9.88 Å². The molecule has 0 fully saturated rings. The van der Waals surface area contributed by atoms with Gasteiger partial charge in [-0.05, 0) is 18.6 Å². The van der Waals surface area contributed by atoms with Crippen LogP contribution in [0.5, 0.6) is 0 Å². The zero-order chi connectivity index (χ0) is 14.4. The summed E-state index contributed by atoms with van der Waals surface area (Å²) in [6, 6.07) is 10.0. The first-order valence-electron chi connectivity index (χ1n) is 6.65. The average Bonchev–Trinajstić information content (AvgIpc) is 2.84. The van der Waals surface area contributed by atoms with E-state index in [0.29, 0.717) is 19.5 Å². The van der Waals surface area contributed by atoms with Crippen molar-refractivity contribution in [3.63, 3.8) is 0 Å². The number of anilines is 1. The van der Waals surface area contributed by atoms with Gasteiger partial charge < -0.3 is 14.6 Å². The molecule has 0 bridgehead atoms. The maximum absolute atomic E-state index is 10.7. The van der Waals surface area contributed by atoms with E-state index in [1.54, 1.807) is 6.20 Å². The summed E-state index contributed by atoms with van der Waals surface area (Å²) in [5.41, 5.74) is 1.08. The van der Waals surface area contributed by atoms with Crippen molar-refractivity contribution in [1.82, 2.24) is 9.55 Å². The molecule has 1 aromatic carbocycles. The monoisotopic (exact) mass is 273 g/mol. The lowest BCUT2D eigenvalue weighted by molar-refractivity contribution is -0.137. The van der Waals surface area contributed by atoms with Crippen molar-refractivity contribution in [2.45, 2.75) is 19.4 Å². The molecule has 0 aliphatic rings. The molecule has 5 nitrogen and oxygen atoms in total. The van der Waals surface area contributed by atoms with Gasteiger partial charge in [0.2, 0.25) is 0 Å². The Morgan fingerprint density at radius 2 is 2.10 bits per heavy atom. The largest absolute Gasteiger partial charge is 0.481 e. The van der Waals surface area contributed by atoms with E-state index < -0.39 is 5.97 Å². The summed E-state index contributed by atoms with van der Waals surface area (Å²) in [5, 5.41) is 8.76. The molecule has 1 N–H and O–H groups in total. The zero-order valence-electron chi connectivity index (χ0n) is 11.6. The van der Waals surface area contributed by atoms with Crippen LogP contribution in [-0.2, 0) is 18.4 Å². The summed E-state index contributed by atoms with van der Waals surface area (Å²) in [7, 11) is 1.96. The van der Waals surface area contributed by atoms with Gasteiger partial charge in [-0.15, -0.1) is 0 Å². The van der Waals surface area contributed by atoms with Crippen LogP contribution in [0.4, 0.5) is 5.69 Å². The molecule has 0 saturated heterocycles. The van der Waals surface area contributed by atoms with Crippen molar-refractivity contribution < 1.29 is 9.90 Å². The predicted molar refractivity (Wildman–Crippen MR) is 77.6 cm³/mol. The standard InChI is InChI=1S/C15H19N3O2/c1-17-11-9-16-14(17)12-18(10-5-8-15(19)20)13-6-3-2-4-7-13/h2-4,6-7,9,11H,5,8,10,12H2,1H3,(H,19,20). The molecular weight excluding hydrogens is 254 g/mol. The highest BCUT2D eigenvalue weighted by molar-refractivity contribution is 5.66. The molecule has 0 aliphatic carbocycles. The van der Waals surface area contributed by atoms with Crippen molar-refractivity contribution >= 4 is 11.7 Å². The van der Waals surface area contributed by atoms with Gasteiger partial charge in [-0.2, -0.15) is 0 Å². The fourth-order valence-corrected chi connectivity index (χ4v) is 2.08. The second kappa shape index (κ2) is 6.75. The van der Waals surface area contributed by atoms with Gasteiger partial charge in [0.25, 0.3) is 0 Å². The normalized spacial score (nSPS) is 10.4. The second-order valence-electron chi connectivity index (χ2n) is 4.71. The topological polar surface area (TPSA) is 58.4 Å². The van der Waals surface area contributed by atoms with E-state index >= 15 is 0 Å². The van der Waals surface area contributed by atoms with Crippen molar-refractivity contribution in [2.75, 3.05) is 11.4 Å². The number of para-hydroxylation sites is 1. The Bertz CT molecular complexity index is 551. The number of imidazole rings is 1. The molecule has 0 radical (unpaired) electrons. The van der Waals surface area contributed by atoms with Crippen molar-refractivity contribution in [2.24, 2.45) is 7.05 Å². The molecule has 2 rings (SSSR count). The fourth-order valence-electron chi connectivity index (χ4n) is 2.08. The fraction of sp³-hybridized carbons (Fsp3) is 0.333. The van der Waals surface area contributed by atoms with Gasteiger partial charge in [-0.25, -0.2) is 4.98 Å². The number of hydrogen-bond donors (Lipinski definition) is 1. The van der Waals surface area contributed by atoms with Crippen LogP contribution in [0, 0.1) is 0 Å². The molecule has 0 saturated carbocycles. The number of carbonyl (C=O) groups is 1. The summed E-state index contributed by atoms with van der Waals surface area (Å²) < 4.78 is 1.98. The first kappa shape index (κ1) is 14.1. The maximum atomic E-state index is 10.7. The summed E-state index contributed by atoms with van der Waals surface area (Å²) in [4.78, 5) is 17.1. The van der Waals surface area contributed by atoms with Gasteiger partial charge >= 0.3 is 5.97 Å². The van der Waals surface area contributed by atoms with E-state index in [1.807, 2.05) is 48.1 Å². The number of rotatable bonds is 7. The molecule has 1 heterocycles. The smallest absolute Gasteiger partial charge is 0.303 e. The van der Waals surface area contributed by atoms with Gasteiger partial charge in [0, 0.05) is 38.1 Å². The Hall–Kier alpha value is -2.30. The van der Waals surface area contributed by atoms with E-state index in [0.717, 1.165) is 11.5 Å². The van der Waals surface area contributed by atoms with E-state index in [-0.39, 0.29) is 6.42 Å². The Labute approximate surface area is 118 Å². The number of aliphatic carboxylic acids is 1. The van der Waals surface area contributed by atoms with E-state index in [4.69, 9.17) is 5.11 Å². The molecule has 0 amide bonds. The SMILES string of the molecule is Cn1ccnc1CN(CCCC(=O)O)c1ccccc1. The van der Waals surface area contributed by atoms with Crippen LogP contribution in [0.2, 0.25) is 0 Å². The molecule has 0 atom stereocenters. The highest BCUT2D eigenvalue weighted by Gasteiger charge is 2.10. The van der Waals surface area contributed by atoms with Gasteiger partial charge in [0.05, 0.1) is 6.54 Å². The molecule has 20 heavy (non-hydrogen) atoms. The van der Waals surface area contributed by atoms with Crippen molar-refractivity contribution in [1.29, 1.82) is 0 Å². The van der Waals surface area contributed by atoms with Crippen LogP contribution in [0.3, 0.4) is 0 Å². The Balaban J connectivity index is 2.08. The second-order valence-corrected chi connectivity index (χ2v) is 4.71. The number of aromatic nitrogens is 2. The molecule has 106 valence electrons. The summed E-state index contributed by atoms with van der Waals surface area (Å²) in [6.45, 7) is 1.37. The molecule has 0 unspecified atom stereocenters. The minimum atomic E-state index is -0.755. The summed E-state index contributed by atoms with van der Waals surface area (Å²) in [6.07, 6.45) is 4.49. The van der Waals surface area contributed by atoms with Gasteiger partial charge in [-0.3, -0.25) is 4.79 Å². The zero-order valence-corrected chi connectivity index (χ0v) is 11.6. The molecule has 0 spiro atoms. The van der Waals surface area contributed by atoms with E-state index in [1.165, 1.54) is 0 Å². The first-order chi connectivity index (χ1) is 9.66. The van der Waals surface area contributed by atoms with Crippen LogP contribution < -0.4 is 4.90 Å². The Morgan fingerprint density at radius 1 is 1.35 bits per heavy atom. The third-order valence-corrected chi connectivity index (χ3v) is 3.19. The predicted octanol–water partition coefficient (Wildman–Crippen LogP) is 2.29. The quantitative estimate of drug-likeness (QED) is 0.841. The van der Waals surface area contributed by atoms with Crippen LogP contribution in [0.25, 0.3) is 0 Å². The lowest BCUT2D eigenvalue weighted by Gasteiger charge is -2.24. The minimum absolute atomic E-state index is 0.184. The molecule has 0 aliphatic heterocycles. The van der Waals surface area contributed by atoms with Crippen molar-refractivity contribution in [3.05, 3.63) is 48.5 Å². The summed E-state index contributed by atoms with van der Waals surface area (Å²) >= 11 is 0. The number of benzene rings is 1. The Kier molecular flexibility index (Phi) is 4.76. The third-order valence-electron chi connectivity index (χ3n) is 3.19. The highest BCUT2D eigenvalue weighted by atomic mass is 16.4. The van der Waals surface area contributed by atoms with Crippen LogP contribution in [-0.4, -0.2) is 27.2 Å². The van der Waals surface area contributed by atoms with Gasteiger partial charge in [-0.1, -0.05) is 18.2 Å². The number of carboxylic acids is 1. The molecule has 1 aromatic heterocycles. The lowest BCUT2D eigenvalue weighted by atomic mass is 10.2. The number of aryl methyl sites for hydroxylation is 1. The highest BCUT2D eigenvalue weighted by Crippen LogP contribution is 2.16. The number of nitrogens with zero attached hydrogens (tertiary/aromatic N) is 3. The third kappa shape index (κ3) is 3.85. The maximum Gasteiger partial charge on any atom is 0.303 e. The van der Waals surface area contributed by atoms with Crippen molar-refractivity contribution in [3.8, 4) is 0 Å². The first-order valence-corrected chi connectivity index (χ1v) is 6.65. The van der Waals surface area contributed by atoms with Gasteiger partial charge in [0.1, 0.15) is 5.82 Å². The van der Waals surface area contributed by atoms with Crippen LogP contribution >= 0.6 is 0 Å². The minimum Gasteiger partial charge on any atom is -0.481 e. The van der Waals surface area contributed by atoms with E-state index in [9.17, 15) is 4.79 Å². The number of hydrogen-bond acceptors (Lipinski definition) is 3. The number of carboxylic acid groups (broad SMARTS) is 1. The average molecular weight is 273 g/mol. The Morgan fingerprint density at radius 3 is 2.70 bits per heavy atom. The van der Waals surface area contributed by atoms with Gasteiger partial charge in [0.15, 0.2) is 0 Å². The van der Waals surface area contributed by atoms with Crippen LogP contribution in [0.1, 0.15) is 18.7 Å². The summed E-state index contributed by atoms with van der Waals surface area (Å²) in [5.74, 6) is 0.208.